The van der Waals surface area contributed by atoms with Crippen LogP contribution in [0, 0.1) is 0 Å². The van der Waals surface area contributed by atoms with Crippen molar-refractivity contribution in [2.75, 3.05) is 19.8 Å². The van der Waals surface area contributed by atoms with Crippen molar-refractivity contribution in [2.45, 2.75) is 53.4 Å². The summed E-state index contributed by atoms with van der Waals surface area (Å²) >= 11 is 0. The third kappa shape index (κ3) is 9.20. The summed E-state index contributed by atoms with van der Waals surface area (Å²) in [5.41, 5.74) is 0. The van der Waals surface area contributed by atoms with Crippen LogP contribution in [-0.2, 0) is 22.5 Å². The zero-order valence-electron chi connectivity index (χ0n) is 14.4. The van der Waals surface area contributed by atoms with Crippen LogP contribution in [-0.4, -0.2) is 42.7 Å². The summed E-state index contributed by atoms with van der Waals surface area (Å²) in [6, 6.07) is 0.395. The van der Waals surface area contributed by atoms with E-state index in [-0.39, 0.29) is 5.78 Å². The molecule has 0 aromatic heterocycles. The molecule has 0 aliphatic rings. The van der Waals surface area contributed by atoms with Crippen LogP contribution < -0.4 is 0 Å². The van der Waals surface area contributed by atoms with Crippen molar-refractivity contribution in [1.29, 1.82) is 0 Å². The molecule has 0 rings (SSSR count). The Kier molecular flexibility index (Phi) is 9.31. The second kappa shape index (κ2) is 9.52. The average molecular weight is 335 g/mol. The van der Waals surface area contributed by atoms with E-state index in [0.29, 0.717) is 31.6 Å². The summed E-state index contributed by atoms with van der Waals surface area (Å²) in [5, 5.41) is 0. The molecule has 0 aromatic rings. The number of rotatable bonds is 11. The van der Waals surface area contributed by atoms with Crippen molar-refractivity contribution in [3.05, 3.63) is 11.8 Å². The molecule has 124 valence electrons. The lowest BCUT2D eigenvalue weighted by atomic mass is 10.4. The van der Waals surface area contributed by atoms with Gasteiger partial charge in [0.2, 0.25) is 8.32 Å². The number of hydrogen-bond acceptors (Lipinski definition) is 5. The van der Waals surface area contributed by atoms with Gasteiger partial charge in [-0.3, -0.25) is 4.79 Å². The first-order chi connectivity index (χ1) is 9.68. The number of carbonyl (C=O) groups excluding carboxylic acids is 1. The van der Waals surface area contributed by atoms with Crippen LogP contribution >= 0.6 is 0 Å². The fourth-order valence-electron chi connectivity index (χ4n) is 1.89. The highest BCUT2D eigenvalue weighted by atomic mass is 28.4. The van der Waals surface area contributed by atoms with E-state index in [1.54, 1.807) is 0 Å². The summed E-state index contributed by atoms with van der Waals surface area (Å²) in [4.78, 5) is 11.5. The third-order valence-electron chi connectivity index (χ3n) is 2.29. The van der Waals surface area contributed by atoms with Crippen molar-refractivity contribution in [2.24, 2.45) is 0 Å². The Morgan fingerprint density at radius 3 is 1.67 bits per heavy atom. The summed E-state index contributed by atoms with van der Waals surface area (Å²) in [7, 11) is -4.67. The normalized spacial score (nSPS) is 13.4. The van der Waals surface area contributed by atoms with Crippen molar-refractivity contribution in [3.63, 3.8) is 0 Å². The minimum absolute atomic E-state index is 0.0457. The van der Waals surface area contributed by atoms with E-state index in [0.717, 1.165) is 0 Å². The number of carbonyl (C=O) groups is 1. The van der Waals surface area contributed by atoms with Crippen LogP contribution in [0.3, 0.4) is 0 Å². The maximum atomic E-state index is 11.5. The predicted molar refractivity (Wildman–Crippen MR) is 88.6 cm³/mol. The van der Waals surface area contributed by atoms with Gasteiger partial charge in [-0.05, 0) is 47.3 Å². The third-order valence-corrected chi connectivity index (χ3v) is 6.13. The molecule has 0 radical (unpaired) electrons. The van der Waals surface area contributed by atoms with Gasteiger partial charge in [-0.2, -0.15) is 0 Å². The molecule has 0 bridgehead atoms. The standard InChI is InChI=1S/C14H30O5Si2/c1-8-16-21(17-9-2,18-10-3)12-14(11-13(4)15)19-20(5,6)7/h11H,8-10,12H2,1-7H3. The summed E-state index contributed by atoms with van der Waals surface area (Å²) in [6.07, 6.45) is 1.52. The smallest absolute Gasteiger partial charge is 0.508 e. The van der Waals surface area contributed by atoms with Crippen LogP contribution in [0.4, 0.5) is 0 Å². The molecule has 5 nitrogen and oxygen atoms in total. The molecular formula is C14H30O5Si2. The minimum Gasteiger partial charge on any atom is -0.547 e. The molecule has 7 heteroatoms. The Morgan fingerprint density at radius 1 is 0.952 bits per heavy atom. The monoisotopic (exact) mass is 334 g/mol. The predicted octanol–water partition coefficient (Wildman–Crippen LogP) is 3.36. The van der Waals surface area contributed by atoms with Gasteiger partial charge in [0.05, 0.1) is 11.8 Å². The van der Waals surface area contributed by atoms with Gasteiger partial charge in [-0.25, -0.2) is 0 Å². The van der Waals surface area contributed by atoms with Gasteiger partial charge < -0.3 is 17.7 Å². The molecule has 0 saturated carbocycles. The van der Waals surface area contributed by atoms with Gasteiger partial charge in [0.15, 0.2) is 5.78 Å². The van der Waals surface area contributed by atoms with Gasteiger partial charge in [0, 0.05) is 25.9 Å². The molecular weight excluding hydrogens is 304 g/mol. The van der Waals surface area contributed by atoms with Crippen LogP contribution in [0.1, 0.15) is 27.7 Å². The van der Waals surface area contributed by atoms with E-state index in [1.165, 1.54) is 13.0 Å². The first kappa shape index (κ1) is 20.5. The van der Waals surface area contributed by atoms with E-state index < -0.39 is 17.1 Å². The molecule has 21 heavy (non-hydrogen) atoms. The molecule has 0 aromatic carbocycles. The van der Waals surface area contributed by atoms with Crippen LogP contribution in [0.2, 0.25) is 25.7 Å². The Hall–Kier alpha value is -0.476. The number of allylic oxidation sites excluding steroid dienone is 2. The van der Waals surface area contributed by atoms with E-state index in [9.17, 15) is 4.79 Å². The van der Waals surface area contributed by atoms with Gasteiger partial charge in [-0.15, -0.1) is 0 Å². The maximum absolute atomic E-state index is 11.5. The highest BCUT2D eigenvalue weighted by Gasteiger charge is 2.42. The zero-order chi connectivity index (χ0) is 16.5. The summed E-state index contributed by atoms with van der Waals surface area (Å²) in [6.45, 7) is 15.0. The van der Waals surface area contributed by atoms with Crippen LogP contribution in [0.5, 0.6) is 0 Å². The van der Waals surface area contributed by atoms with Crippen LogP contribution in [0.25, 0.3) is 0 Å². The van der Waals surface area contributed by atoms with E-state index in [4.69, 9.17) is 17.7 Å². The van der Waals surface area contributed by atoms with Crippen molar-refractivity contribution in [3.8, 4) is 0 Å². The molecule has 0 heterocycles. The molecule has 0 N–H and O–H groups in total. The molecule has 0 atom stereocenters. The molecule has 0 spiro atoms. The van der Waals surface area contributed by atoms with E-state index in [1.807, 2.05) is 20.8 Å². The molecule has 0 aliphatic carbocycles. The molecule has 0 fully saturated rings. The maximum Gasteiger partial charge on any atom is 0.508 e. The van der Waals surface area contributed by atoms with E-state index in [2.05, 4.69) is 19.6 Å². The van der Waals surface area contributed by atoms with E-state index >= 15 is 0 Å². The fourth-order valence-corrected chi connectivity index (χ4v) is 5.43. The van der Waals surface area contributed by atoms with Crippen molar-refractivity contribution in [1.82, 2.24) is 0 Å². The first-order valence-corrected chi connectivity index (χ1v) is 12.8. The summed E-state index contributed by atoms with van der Waals surface area (Å²) in [5.74, 6) is 0.569. The second-order valence-electron chi connectivity index (χ2n) is 5.59. The lowest BCUT2D eigenvalue weighted by molar-refractivity contribution is -0.112. The number of ketones is 1. The van der Waals surface area contributed by atoms with Crippen molar-refractivity contribution >= 4 is 22.9 Å². The van der Waals surface area contributed by atoms with Crippen molar-refractivity contribution < 1.29 is 22.5 Å². The highest BCUT2D eigenvalue weighted by Crippen LogP contribution is 2.25. The topological polar surface area (TPSA) is 54.0 Å². The zero-order valence-corrected chi connectivity index (χ0v) is 16.4. The summed E-state index contributed by atoms with van der Waals surface area (Å²) < 4.78 is 23.5. The Morgan fingerprint density at radius 2 is 1.38 bits per heavy atom. The largest absolute Gasteiger partial charge is 0.547 e. The Balaban J connectivity index is 5.31. The lowest BCUT2D eigenvalue weighted by Gasteiger charge is -2.31. The minimum atomic E-state index is -2.85. The quantitative estimate of drug-likeness (QED) is 0.329. The van der Waals surface area contributed by atoms with Gasteiger partial charge in [-0.1, -0.05) is 0 Å². The fraction of sp³-hybridized carbons (Fsp3) is 0.786. The SMILES string of the molecule is CCO[Si](CC(=CC(C)=O)O[Si](C)(C)C)(OCC)OCC. The average Bonchev–Trinajstić information content (AvgIpc) is 2.26. The van der Waals surface area contributed by atoms with Crippen LogP contribution in [0.15, 0.2) is 11.8 Å². The molecule has 0 saturated heterocycles. The second-order valence-corrected chi connectivity index (χ2v) is 12.6. The van der Waals surface area contributed by atoms with Gasteiger partial charge >= 0.3 is 8.80 Å². The molecule has 0 aliphatic heterocycles. The Bertz CT molecular complexity index is 333. The lowest BCUT2D eigenvalue weighted by Crippen LogP contribution is -2.47. The number of hydrogen-bond donors (Lipinski definition) is 0. The highest BCUT2D eigenvalue weighted by molar-refractivity contribution is 6.70. The Labute approximate surface area is 131 Å². The molecule has 0 amide bonds. The molecule has 0 unspecified atom stereocenters. The van der Waals surface area contributed by atoms with Gasteiger partial charge in [0.1, 0.15) is 0 Å². The first-order valence-electron chi connectivity index (χ1n) is 7.50. The van der Waals surface area contributed by atoms with Gasteiger partial charge in [0.25, 0.3) is 0 Å².